The fourth-order valence-corrected chi connectivity index (χ4v) is 1.57. The summed E-state index contributed by atoms with van der Waals surface area (Å²) in [5.41, 5.74) is 6.83. The summed E-state index contributed by atoms with van der Waals surface area (Å²) in [6, 6.07) is 2.95. The maximum absolute atomic E-state index is 10.4. The van der Waals surface area contributed by atoms with Crippen LogP contribution in [-0.4, -0.2) is 21.8 Å². The molecule has 0 aliphatic rings. The number of hydrogen-bond donors (Lipinski definition) is 2. The van der Waals surface area contributed by atoms with Crippen LogP contribution in [0.25, 0.3) is 11.1 Å². The maximum Gasteiger partial charge on any atom is 0.195 e. The lowest BCUT2D eigenvalue weighted by atomic mass is 10.2. The normalized spacial score (nSPS) is 12.8. The van der Waals surface area contributed by atoms with Crippen LogP contribution in [0.3, 0.4) is 0 Å². The molecule has 3 N–H and O–H groups in total. The van der Waals surface area contributed by atoms with Gasteiger partial charge in [0.1, 0.15) is 17.6 Å². The minimum absolute atomic E-state index is 0.0386. The van der Waals surface area contributed by atoms with E-state index >= 15 is 0 Å². The molecule has 0 aliphatic heterocycles. The lowest BCUT2D eigenvalue weighted by Gasteiger charge is -1.96. The van der Waals surface area contributed by atoms with Crippen molar-refractivity contribution < 1.29 is 14.3 Å². The van der Waals surface area contributed by atoms with Crippen LogP contribution in [0, 0.1) is 0 Å². The van der Waals surface area contributed by atoms with E-state index in [1.165, 1.54) is 12.1 Å². The molecule has 1 atom stereocenters. The minimum Gasteiger partial charge on any atom is -0.506 e. The Morgan fingerprint density at radius 3 is 3.06 bits per heavy atom. The van der Waals surface area contributed by atoms with E-state index in [2.05, 4.69) is 4.98 Å². The average Bonchev–Trinajstić information content (AvgIpc) is 2.68. The number of nitrogen functional groups attached to an aromatic ring is 1. The van der Waals surface area contributed by atoms with E-state index in [0.29, 0.717) is 36.1 Å². The lowest BCUT2D eigenvalue weighted by molar-refractivity contribution is -0.107. The number of aryl methyl sites for hydroxylation is 1. The Labute approximate surface area is 102 Å². The van der Waals surface area contributed by atoms with Crippen molar-refractivity contribution in [3.05, 3.63) is 18.0 Å². The number of carbonyl (C=O) groups is 1. The fraction of sp³-hybridized carbons (Fsp3) is 0.273. The SMILES string of the molecule is Nc1cc2nc(CCC(Cl)C=O)oc2cc1O. The van der Waals surface area contributed by atoms with Gasteiger partial charge in [-0.1, -0.05) is 0 Å². The van der Waals surface area contributed by atoms with Gasteiger partial charge in [-0.2, -0.15) is 0 Å². The summed E-state index contributed by atoms with van der Waals surface area (Å²) in [7, 11) is 0. The zero-order valence-corrected chi connectivity index (χ0v) is 9.65. The van der Waals surface area contributed by atoms with Gasteiger partial charge in [0.15, 0.2) is 11.5 Å². The van der Waals surface area contributed by atoms with Gasteiger partial charge in [-0.3, -0.25) is 0 Å². The zero-order valence-electron chi connectivity index (χ0n) is 8.89. The molecule has 1 unspecified atom stereocenters. The molecule has 0 bridgehead atoms. The number of nitrogens with two attached hydrogens (primary N) is 1. The number of carbonyl (C=O) groups excluding carboxylic acids is 1. The Balaban J connectivity index is 2.23. The molecule has 0 spiro atoms. The number of aromatic nitrogens is 1. The van der Waals surface area contributed by atoms with Crippen molar-refractivity contribution in [3.63, 3.8) is 0 Å². The summed E-state index contributed by atoms with van der Waals surface area (Å²) in [6.07, 6.45) is 1.59. The van der Waals surface area contributed by atoms with Gasteiger partial charge in [-0.25, -0.2) is 4.98 Å². The van der Waals surface area contributed by atoms with E-state index < -0.39 is 5.38 Å². The molecule has 2 aromatic rings. The van der Waals surface area contributed by atoms with Crippen molar-refractivity contribution in [2.75, 3.05) is 5.73 Å². The van der Waals surface area contributed by atoms with E-state index in [9.17, 15) is 9.90 Å². The summed E-state index contributed by atoms with van der Waals surface area (Å²) in [5, 5.41) is 8.86. The second kappa shape index (κ2) is 4.63. The highest BCUT2D eigenvalue weighted by Gasteiger charge is 2.10. The van der Waals surface area contributed by atoms with E-state index in [1.807, 2.05) is 0 Å². The summed E-state index contributed by atoms with van der Waals surface area (Å²) >= 11 is 5.67. The largest absolute Gasteiger partial charge is 0.506 e. The number of phenolic OH excluding ortho intramolecular Hbond substituents is 1. The Bertz CT molecular complexity index is 514. The summed E-state index contributed by atoms with van der Waals surface area (Å²) < 4.78 is 5.40. The van der Waals surface area contributed by atoms with Gasteiger partial charge in [0.25, 0.3) is 0 Å². The van der Waals surface area contributed by atoms with Crippen molar-refractivity contribution in [2.24, 2.45) is 0 Å². The third-order valence-electron chi connectivity index (χ3n) is 2.36. The molecule has 90 valence electrons. The first-order valence-electron chi connectivity index (χ1n) is 5.07. The van der Waals surface area contributed by atoms with Crippen molar-refractivity contribution in [1.82, 2.24) is 4.98 Å². The van der Waals surface area contributed by atoms with Crippen LogP contribution in [0.5, 0.6) is 5.75 Å². The fourth-order valence-electron chi connectivity index (χ4n) is 1.46. The number of nitrogens with zero attached hydrogens (tertiary/aromatic N) is 1. The number of phenols is 1. The van der Waals surface area contributed by atoms with Gasteiger partial charge >= 0.3 is 0 Å². The molecule has 0 fully saturated rings. The third-order valence-corrected chi connectivity index (χ3v) is 2.68. The molecule has 17 heavy (non-hydrogen) atoms. The van der Waals surface area contributed by atoms with Gasteiger partial charge in [-0.05, 0) is 12.5 Å². The summed E-state index contributed by atoms with van der Waals surface area (Å²) in [6.45, 7) is 0. The van der Waals surface area contributed by atoms with E-state index in [4.69, 9.17) is 21.8 Å². The number of oxazole rings is 1. The van der Waals surface area contributed by atoms with Crippen LogP contribution in [-0.2, 0) is 11.2 Å². The Hall–Kier alpha value is -1.75. The second-order valence-corrected chi connectivity index (χ2v) is 4.24. The van der Waals surface area contributed by atoms with E-state index in [1.54, 1.807) is 0 Å². The molecule has 0 amide bonds. The first-order valence-corrected chi connectivity index (χ1v) is 5.51. The van der Waals surface area contributed by atoms with Crippen molar-refractivity contribution in [1.29, 1.82) is 0 Å². The number of aldehydes is 1. The molecule has 0 saturated heterocycles. The smallest absolute Gasteiger partial charge is 0.195 e. The number of halogens is 1. The third kappa shape index (κ3) is 2.50. The van der Waals surface area contributed by atoms with Crippen molar-refractivity contribution in [3.8, 4) is 5.75 Å². The first-order chi connectivity index (χ1) is 8.10. The van der Waals surface area contributed by atoms with E-state index in [0.717, 1.165) is 0 Å². The molecule has 6 heteroatoms. The molecular formula is C11H11ClN2O3. The average molecular weight is 255 g/mol. The van der Waals surface area contributed by atoms with Gasteiger partial charge in [0.2, 0.25) is 0 Å². The molecular weight excluding hydrogens is 244 g/mol. The van der Waals surface area contributed by atoms with Gasteiger partial charge in [-0.15, -0.1) is 11.6 Å². The Morgan fingerprint density at radius 1 is 1.59 bits per heavy atom. The van der Waals surface area contributed by atoms with Gasteiger partial charge in [0, 0.05) is 12.5 Å². The van der Waals surface area contributed by atoms with Crippen LogP contribution in [0.2, 0.25) is 0 Å². The van der Waals surface area contributed by atoms with Gasteiger partial charge < -0.3 is 20.1 Å². The number of alkyl halides is 1. The highest BCUT2D eigenvalue weighted by atomic mass is 35.5. The van der Waals surface area contributed by atoms with Crippen LogP contribution in [0.15, 0.2) is 16.5 Å². The molecule has 0 radical (unpaired) electrons. The Kier molecular flexibility index (Phi) is 3.19. The predicted octanol–water partition coefficient (Wildman–Crippen LogP) is 1.85. The molecule has 5 nitrogen and oxygen atoms in total. The molecule has 2 rings (SSSR count). The molecule has 1 aromatic carbocycles. The quantitative estimate of drug-likeness (QED) is 0.376. The Morgan fingerprint density at radius 2 is 2.35 bits per heavy atom. The first kappa shape index (κ1) is 11.7. The lowest BCUT2D eigenvalue weighted by Crippen LogP contribution is -2.01. The van der Waals surface area contributed by atoms with Crippen LogP contribution in [0.4, 0.5) is 5.69 Å². The van der Waals surface area contributed by atoms with Crippen LogP contribution in [0.1, 0.15) is 12.3 Å². The molecule has 0 aliphatic carbocycles. The number of rotatable bonds is 4. The number of aromatic hydroxyl groups is 1. The maximum atomic E-state index is 10.4. The van der Waals surface area contributed by atoms with E-state index in [-0.39, 0.29) is 11.4 Å². The molecule has 1 aromatic heterocycles. The topological polar surface area (TPSA) is 89.4 Å². The van der Waals surface area contributed by atoms with Crippen LogP contribution >= 0.6 is 11.6 Å². The molecule has 0 saturated carbocycles. The zero-order chi connectivity index (χ0) is 12.4. The highest BCUT2D eigenvalue weighted by molar-refractivity contribution is 6.27. The number of fused-ring (bicyclic) bond motifs is 1. The van der Waals surface area contributed by atoms with Gasteiger partial charge in [0.05, 0.1) is 11.1 Å². The standard InChI is InChI=1S/C11H11ClN2O3/c12-6(5-15)1-2-11-14-8-3-7(13)9(16)4-10(8)17-11/h3-6,16H,1-2,13H2. The van der Waals surface area contributed by atoms with Crippen molar-refractivity contribution in [2.45, 2.75) is 18.2 Å². The predicted molar refractivity (Wildman–Crippen MR) is 64.1 cm³/mol. The second-order valence-electron chi connectivity index (χ2n) is 3.68. The molecule has 1 heterocycles. The number of hydrogen-bond acceptors (Lipinski definition) is 5. The van der Waals surface area contributed by atoms with Crippen molar-refractivity contribution >= 4 is 34.7 Å². The highest BCUT2D eigenvalue weighted by Crippen LogP contribution is 2.27. The summed E-state index contributed by atoms with van der Waals surface area (Å²) in [5.74, 6) is 0.431. The minimum atomic E-state index is -0.538. The number of benzene rings is 1. The monoisotopic (exact) mass is 254 g/mol. The van der Waals surface area contributed by atoms with Crippen LogP contribution < -0.4 is 5.73 Å². The number of anilines is 1. The summed E-state index contributed by atoms with van der Waals surface area (Å²) in [4.78, 5) is 14.5.